The second-order valence-corrected chi connectivity index (χ2v) is 10.00. The van der Waals surface area contributed by atoms with Gasteiger partial charge in [0.25, 0.3) is 5.91 Å². The van der Waals surface area contributed by atoms with Crippen LogP contribution < -0.4 is 11.1 Å². The highest BCUT2D eigenvalue weighted by Gasteiger charge is 2.61. The molecule has 0 heterocycles. The van der Waals surface area contributed by atoms with Gasteiger partial charge < -0.3 is 10.5 Å². The zero-order valence-electron chi connectivity index (χ0n) is 14.1. The minimum Gasteiger partial charge on any atom is -0.452 e. The van der Waals surface area contributed by atoms with E-state index in [1.165, 1.54) is 6.42 Å². The summed E-state index contributed by atoms with van der Waals surface area (Å²) in [5.74, 6) is -0.0757. The minimum atomic E-state index is -0.996. The predicted octanol–water partition coefficient (Wildman–Crippen LogP) is 2.48. The predicted molar refractivity (Wildman–Crippen MR) is 91.2 cm³/mol. The fourth-order valence-corrected chi connectivity index (χ4v) is 6.77. The van der Waals surface area contributed by atoms with E-state index in [0.29, 0.717) is 11.8 Å². The number of alkyl halides is 1. The Kier molecular flexibility index (Phi) is 4.43. The second-order valence-electron chi connectivity index (χ2n) is 8.32. The number of esters is 1. The molecule has 4 aliphatic rings. The molecule has 4 aliphatic carbocycles. The fourth-order valence-electron chi connectivity index (χ4n) is 5.31. The monoisotopic (exact) mass is 400 g/mol. The van der Waals surface area contributed by atoms with Crippen molar-refractivity contribution in [2.45, 2.75) is 62.8 Å². The van der Waals surface area contributed by atoms with Crippen molar-refractivity contribution in [2.24, 2.45) is 28.9 Å². The van der Waals surface area contributed by atoms with Crippen molar-refractivity contribution >= 4 is 33.8 Å². The number of ether oxygens (including phenoxy) is 1. The molecule has 0 aliphatic heterocycles. The van der Waals surface area contributed by atoms with Crippen LogP contribution in [0.25, 0.3) is 0 Å². The standard InChI is InChI=1S/C17H25BrN2O4/c1-9(2)12(13(21)20-15(19)23)24-14(22)16-4-10-3-11(5-16)7-17(18,6-10)8-16/h9-12H,3-8H2,1-2H3,(H3,19,20,21,23)/t10-,11-,12+,16?,17?/m0/s1. The summed E-state index contributed by atoms with van der Waals surface area (Å²) < 4.78 is 5.67. The molecule has 3 atom stereocenters. The SMILES string of the molecule is CC(C)[C@@H](OC(=O)C12C[C@@H]3C[C@H](CC(Br)(C3)C1)C2)C(=O)NC(N)=O. The molecule has 0 spiro atoms. The lowest BCUT2D eigenvalue weighted by Gasteiger charge is -2.59. The van der Waals surface area contributed by atoms with E-state index in [-0.39, 0.29) is 16.2 Å². The van der Waals surface area contributed by atoms with Gasteiger partial charge in [-0.1, -0.05) is 29.8 Å². The van der Waals surface area contributed by atoms with E-state index in [1.807, 2.05) is 5.32 Å². The van der Waals surface area contributed by atoms with Gasteiger partial charge in [-0.25, -0.2) is 4.79 Å². The number of urea groups is 1. The summed E-state index contributed by atoms with van der Waals surface area (Å²) >= 11 is 3.87. The molecule has 0 unspecified atom stereocenters. The van der Waals surface area contributed by atoms with Gasteiger partial charge in [-0.2, -0.15) is 0 Å². The molecular weight excluding hydrogens is 376 g/mol. The molecule has 0 aromatic heterocycles. The Morgan fingerprint density at radius 1 is 1.17 bits per heavy atom. The van der Waals surface area contributed by atoms with Crippen LogP contribution in [0, 0.1) is 23.2 Å². The van der Waals surface area contributed by atoms with E-state index in [2.05, 4.69) is 15.9 Å². The molecule has 134 valence electrons. The molecule has 0 radical (unpaired) electrons. The fraction of sp³-hybridized carbons (Fsp3) is 0.824. The lowest BCUT2D eigenvalue weighted by molar-refractivity contribution is -0.179. The van der Waals surface area contributed by atoms with E-state index in [9.17, 15) is 14.4 Å². The molecule has 4 saturated carbocycles. The average Bonchev–Trinajstić information content (AvgIpc) is 2.40. The second kappa shape index (κ2) is 6.00. The van der Waals surface area contributed by atoms with E-state index < -0.39 is 23.5 Å². The number of carbonyl (C=O) groups is 3. The van der Waals surface area contributed by atoms with E-state index >= 15 is 0 Å². The average molecular weight is 401 g/mol. The van der Waals surface area contributed by atoms with E-state index in [4.69, 9.17) is 10.5 Å². The van der Waals surface area contributed by atoms with Gasteiger partial charge in [-0.15, -0.1) is 0 Å². The maximum atomic E-state index is 13.0. The molecule has 3 amide bonds. The van der Waals surface area contributed by atoms with Crippen LogP contribution in [0.5, 0.6) is 0 Å². The summed E-state index contributed by atoms with van der Waals surface area (Å²) in [7, 11) is 0. The van der Waals surface area contributed by atoms with E-state index in [1.54, 1.807) is 13.8 Å². The molecule has 0 saturated heterocycles. The summed E-state index contributed by atoms with van der Waals surface area (Å²) in [6.07, 6.45) is 4.90. The molecule has 7 heteroatoms. The third-order valence-electron chi connectivity index (χ3n) is 5.77. The van der Waals surface area contributed by atoms with Crippen molar-refractivity contribution in [1.82, 2.24) is 5.32 Å². The molecular formula is C17H25BrN2O4. The van der Waals surface area contributed by atoms with Crippen LogP contribution in [0.1, 0.15) is 52.4 Å². The number of primary amides is 1. The molecule has 0 aromatic rings. The Bertz CT molecular complexity index is 563. The Labute approximate surface area is 150 Å². The zero-order valence-corrected chi connectivity index (χ0v) is 15.7. The van der Waals surface area contributed by atoms with Crippen molar-refractivity contribution < 1.29 is 19.1 Å². The summed E-state index contributed by atoms with van der Waals surface area (Å²) in [5, 5.41) is 2.02. The topological polar surface area (TPSA) is 98.5 Å². The summed E-state index contributed by atoms with van der Waals surface area (Å²) in [6, 6.07) is -0.934. The Morgan fingerprint density at radius 2 is 1.75 bits per heavy atom. The number of imide groups is 1. The number of hydrogen-bond donors (Lipinski definition) is 2. The first-order valence-electron chi connectivity index (χ1n) is 8.63. The van der Waals surface area contributed by atoms with Crippen LogP contribution in [-0.2, 0) is 14.3 Å². The molecule has 0 aromatic carbocycles. The van der Waals surface area contributed by atoms with Gasteiger partial charge in [0.2, 0.25) is 0 Å². The lowest BCUT2D eigenvalue weighted by Crippen LogP contribution is -2.57. The quantitative estimate of drug-likeness (QED) is 0.559. The number of amides is 3. The summed E-state index contributed by atoms with van der Waals surface area (Å²) in [4.78, 5) is 36.1. The van der Waals surface area contributed by atoms with Crippen molar-refractivity contribution in [1.29, 1.82) is 0 Å². The smallest absolute Gasteiger partial charge is 0.318 e. The number of carbonyl (C=O) groups excluding carboxylic acids is 3. The molecule has 4 fully saturated rings. The first-order valence-corrected chi connectivity index (χ1v) is 9.42. The van der Waals surface area contributed by atoms with Crippen LogP contribution in [0.2, 0.25) is 0 Å². The first kappa shape index (κ1) is 17.7. The maximum Gasteiger partial charge on any atom is 0.318 e. The van der Waals surface area contributed by atoms with Gasteiger partial charge in [0, 0.05) is 4.32 Å². The van der Waals surface area contributed by atoms with Gasteiger partial charge in [0.15, 0.2) is 6.10 Å². The third-order valence-corrected chi connectivity index (χ3v) is 6.69. The van der Waals surface area contributed by atoms with Crippen molar-refractivity contribution in [3.8, 4) is 0 Å². The van der Waals surface area contributed by atoms with Crippen LogP contribution in [0.15, 0.2) is 0 Å². The minimum absolute atomic E-state index is 0.0406. The highest BCUT2D eigenvalue weighted by molar-refractivity contribution is 9.10. The lowest BCUT2D eigenvalue weighted by atomic mass is 9.49. The Balaban J connectivity index is 1.76. The largest absolute Gasteiger partial charge is 0.452 e. The Hall–Kier alpha value is -1.11. The van der Waals surface area contributed by atoms with Gasteiger partial charge in [0.05, 0.1) is 5.41 Å². The maximum absolute atomic E-state index is 13.0. The van der Waals surface area contributed by atoms with Gasteiger partial charge in [0.1, 0.15) is 0 Å². The highest BCUT2D eigenvalue weighted by Crippen LogP contribution is 2.64. The molecule has 4 rings (SSSR count). The zero-order chi connectivity index (χ0) is 17.7. The van der Waals surface area contributed by atoms with Crippen LogP contribution in [-0.4, -0.2) is 28.3 Å². The summed E-state index contributed by atoms with van der Waals surface area (Å²) in [6.45, 7) is 3.56. The van der Waals surface area contributed by atoms with Gasteiger partial charge >= 0.3 is 12.0 Å². The van der Waals surface area contributed by atoms with Gasteiger partial charge in [-0.3, -0.25) is 14.9 Å². The molecule has 4 bridgehead atoms. The molecule has 6 nitrogen and oxygen atoms in total. The molecule has 24 heavy (non-hydrogen) atoms. The first-order chi connectivity index (χ1) is 11.1. The van der Waals surface area contributed by atoms with E-state index in [0.717, 1.165) is 32.1 Å². The molecule has 3 N–H and O–H groups in total. The number of nitrogens with one attached hydrogen (secondary N) is 1. The Morgan fingerprint density at radius 3 is 2.21 bits per heavy atom. The number of rotatable bonds is 4. The van der Waals surface area contributed by atoms with Gasteiger partial charge in [-0.05, 0) is 56.3 Å². The summed E-state index contributed by atoms with van der Waals surface area (Å²) in [5.41, 5.74) is 4.52. The number of halogens is 1. The van der Waals surface area contributed by atoms with Crippen LogP contribution in [0.4, 0.5) is 4.79 Å². The third kappa shape index (κ3) is 3.19. The highest BCUT2D eigenvalue weighted by atomic mass is 79.9. The van der Waals surface area contributed by atoms with Crippen molar-refractivity contribution in [3.63, 3.8) is 0 Å². The van der Waals surface area contributed by atoms with Crippen molar-refractivity contribution in [2.75, 3.05) is 0 Å². The van der Waals surface area contributed by atoms with Crippen LogP contribution >= 0.6 is 15.9 Å². The normalized spacial score (nSPS) is 38.0. The van der Waals surface area contributed by atoms with Crippen molar-refractivity contribution in [3.05, 3.63) is 0 Å². The number of hydrogen-bond acceptors (Lipinski definition) is 4. The number of nitrogens with two attached hydrogens (primary N) is 1. The van der Waals surface area contributed by atoms with Crippen LogP contribution in [0.3, 0.4) is 0 Å².